The topological polar surface area (TPSA) is 35.6 Å². The molecule has 2 bridgehead atoms. The summed E-state index contributed by atoms with van der Waals surface area (Å²) in [5.41, 5.74) is 0.935. The number of carbonyl (C=O) groups is 1. The highest BCUT2D eigenvalue weighted by Gasteiger charge is 2.42. The highest BCUT2D eigenvalue weighted by Crippen LogP contribution is 2.29. The molecule has 0 spiro atoms. The van der Waals surface area contributed by atoms with Gasteiger partial charge in [-0.15, -0.1) is 0 Å². The van der Waals surface area contributed by atoms with E-state index in [9.17, 15) is 4.79 Å². The van der Waals surface area contributed by atoms with Gasteiger partial charge in [-0.1, -0.05) is 29.3 Å². The van der Waals surface area contributed by atoms with Gasteiger partial charge >= 0.3 is 0 Å². The van der Waals surface area contributed by atoms with Gasteiger partial charge in [0.25, 0.3) is 0 Å². The van der Waals surface area contributed by atoms with E-state index in [2.05, 4.69) is 15.1 Å². The van der Waals surface area contributed by atoms with Crippen molar-refractivity contribution in [2.24, 2.45) is 0 Å². The quantitative estimate of drug-likeness (QED) is 0.873. The second-order valence-electron chi connectivity index (χ2n) is 7.53. The molecule has 1 amide bonds. The van der Waals surface area contributed by atoms with E-state index < -0.39 is 0 Å². The number of hydrogen-bond acceptors (Lipinski definition) is 3. The minimum atomic E-state index is 0.209. The average Bonchev–Trinajstić information content (AvgIpc) is 2.99. The van der Waals surface area contributed by atoms with Gasteiger partial charge in [-0.05, 0) is 56.5 Å². The van der Waals surface area contributed by atoms with Gasteiger partial charge in [0.2, 0.25) is 5.91 Å². The summed E-state index contributed by atoms with van der Waals surface area (Å²) in [6.07, 6.45) is 5.33. The normalized spacial score (nSPS) is 29.8. The predicted octanol–water partition coefficient (Wildman–Crippen LogP) is 2.96. The second kappa shape index (κ2) is 7.43. The lowest BCUT2D eigenvalue weighted by Gasteiger charge is -2.42. The Balaban J connectivity index is 1.51. The van der Waals surface area contributed by atoms with E-state index in [1.165, 1.54) is 32.4 Å². The summed E-state index contributed by atoms with van der Waals surface area (Å²) in [7, 11) is 0. The van der Waals surface area contributed by atoms with Gasteiger partial charge in [0.15, 0.2) is 0 Å². The Bertz CT molecular complexity index is 648. The van der Waals surface area contributed by atoms with E-state index in [0.29, 0.717) is 28.5 Å². The number of halogens is 2. The standard InChI is InChI=1S/C19H25Cl2N3O/c20-15-5-3-13(9-16(15)21)10-19(25)24-12-14-4-6-17(18(24)11-22-14)23-7-1-2-8-23/h3,5,9,14,17-18,22H,1-2,4,6-8,10-12H2/t14-,17-,18+/m0/s1. The molecule has 6 heteroatoms. The molecule has 4 heterocycles. The zero-order valence-electron chi connectivity index (χ0n) is 14.4. The fourth-order valence-corrected chi connectivity index (χ4v) is 4.97. The summed E-state index contributed by atoms with van der Waals surface area (Å²) in [6, 6.07) is 6.70. The third kappa shape index (κ3) is 3.68. The van der Waals surface area contributed by atoms with Crippen molar-refractivity contribution >= 4 is 29.1 Å². The van der Waals surface area contributed by atoms with Crippen LogP contribution in [0.5, 0.6) is 0 Å². The molecule has 4 fully saturated rings. The molecular weight excluding hydrogens is 357 g/mol. The fourth-order valence-electron chi connectivity index (χ4n) is 4.65. The molecule has 0 saturated carbocycles. The Hall–Kier alpha value is -0.810. The first kappa shape index (κ1) is 17.6. The molecule has 4 aliphatic heterocycles. The number of piperazine rings is 1. The summed E-state index contributed by atoms with van der Waals surface area (Å²) in [6.45, 7) is 4.11. The van der Waals surface area contributed by atoms with Gasteiger partial charge in [0.05, 0.1) is 22.5 Å². The van der Waals surface area contributed by atoms with Gasteiger partial charge in [-0.3, -0.25) is 9.69 Å². The molecule has 4 aliphatic rings. The summed E-state index contributed by atoms with van der Waals surface area (Å²) < 4.78 is 0. The SMILES string of the molecule is O=C(Cc1ccc(Cl)c(Cl)c1)N1C[C@@H]2CC[C@H](N3CCCC3)[C@H]1CN2. The van der Waals surface area contributed by atoms with Gasteiger partial charge < -0.3 is 10.2 Å². The second-order valence-corrected chi connectivity index (χ2v) is 8.35. The Morgan fingerprint density at radius 3 is 2.68 bits per heavy atom. The van der Waals surface area contributed by atoms with Crippen LogP contribution in [0, 0.1) is 0 Å². The van der Waals surface area contributed by atoms with Crippen LogP contribution in [-0.2, 0) is 11.2 Å². The first-order valence-corrected chi connectivity index (χ1v) is 10.1. The number of nitrogens with zero attached hydrogens (tertiary/aromatic N) is 2. The lowest BCUT2D eigenvalue weighted by atomic mass is 10.0. The number of nitrogens with one attached hydrogen (secondary N) is 1. The summed E-state index contributed by atoms with van der Waals surface area (Å²) in [4.78, 5) is 17.8. The fraction of sp³-hybridized carbons (Fsp3) is 0.632. The third-order valence-electron chi connectivity index (χ3n) is 5.96. The molecule has 4 nitrogen and oxygen atoms in total. The number of rotatable bonds is 3. The maximum absolute atomic E-state index is 13.1. The molecule has 3 atom stereocenters. The molecule has 1 aromatic rings. The lowest BCUT2D eigenvalue weighted by molar-refractivity contribution is -0.135. The zero-order valence-corrected chi connectivity index (χ0v) is 15.9. The largest absolute Gasteiger partial charge is 0.335 e. The van der Waals surface area contributed by atoms with Crippen molar-refractivity contribution in [1.82, 2.24) is 15.1 Å². The van der Waals surface area contributed by atoms with E-state index in [-0.39, 0.29) is 11.9 Å². The predicted molar refractivity (Wildman–Crippen MR) is 101 cm³/mol. The van der Waals surface area contributed by atoms with Crippen molar-refractivity contribution in [2.45, 2.75) is 50.2 Å². The van der Waals surface area contributed by atoms with Crippen LogP contribution in [-0.4, -0.2) is 60.0 Å². The minimum absolute atomic E-state index is 0.209. The number of amides is 1. The summed E-state index contributed by atoms with van der Waals surface area (Å²) in [5, 5.41) is 4.69. The maximum Gasteiger partial charge on any atom is 0.227 e. The van der Waals surface area contributed by atoms with Crippen molar-refractivity contribution in [1.29, 1.82) is 0 Å². The average molecular weight is 382 g/mol. The number of likely N-dealkylation sites (tertiary alicyclic amines) is 1. The van der Waals surface area contributed by atoms with Crippen LogP contribution in [0.1, 0.15) is 31.2 Å². The van der Waals surface area contributed by atoms with E-state index in [0.717, 1.165) is 25.1 Å². The molecule has 0 radical (unpaired) electrons. The van der Waals surface area contributed by atoms with Crippen molar-refractivity contribution < 1.29 is 4.79 Å². The third-order valence-corrected chi connectivity index (χ3v) is 6.70. The Morgan fingerprint density at radius 2 is 1.92 bits per heavy atom. The Kier molecular flexibility index (Phi) is 5.23. The van der Waals surface area contributed by atoms with Crippen molar-refractivity contribution in [3.05, 3.63) is 33.8 Å². The molecule has 25 heavy (non-hydrogen) atoms. The Labute approximate surface area is 159 Å². The lowest BCUT2D eigenvalue weighted by Crippen LogP contribution is -2.61. The van der Waals surface area contributed by atoms with Crippen LogP contribution in [0.25, 0.3) is 0 Å². The van der Waals surface area contributed by atoms with Gasteiger partial charge in [-0.25, -0.2) is 0 Å². The monoisotopic (exact) mass is 381 g/mol. The van der Waals surface area contributed by atoms with Crippen LogP contribution in [0.15, 0.2) is 18.2 Å². The summed E-state index contributed by atoms with van der Waals surface area (Å²) >= 11 is 12.1. The zero-order chi connectivity index (χ0) is 17.4. The molecule has 0 unspecified atom stereocenters. The first-order valence-electron chi connectivity index (χ1n) is 9.32. The number of carbonyl (C=O) groups excluding carboxylic acids is 1. The van der Waals surface area contributed by atoms with Gasteiger partial charge in [-0.2, -0.15) is 0 Å². The van der Waals surface area contributed by atoms with E-state index >= 15 is 0 Å². The van der Waals surface area contributed by atoms with Gasteiger partial charge in [0.1, 0.15) is 0 Å². The van der Waals surface area contributed by atoms with Crippen LogP contribution in [0.3, 0.4) is 0 Å². The first-order chi connectivity index (χ1) is 12.1. The van der Waals surface area contributed by atoms with E-state index in [1.807, 2.05) is 12.1 Å². The number of hydrogen-bond donors (Lipinski definition) is 1. The van der Waals surface area contributed by atoms with Crippen molar-refractivity contribution in [3.8, 4) is 0 Å². The molecule has 1 N–H and O–H groups in total. The maximum atomic E-state index is 13.1. The van der Waals surface area contributed by atoms with E-state index in [1.54, 1.807) is 6.07 Å². The summed E-state index contributed by atoms with van der Waals surface area (Å²) in [5.74, 6) is 0.209. The smallest absolute Gasteiger partial charge is 0.227 e. The van der Waals surface area contributed by atoms with Crippen LogP contribution in [0.2, 0.25) is 10.0 Å². The molecule has 4 saturated heterocycles. The van der Waals surface area contributed by atoms with Crippen LogP contribution < -0.4 is 5.32 Å². The minimum Gasteiger partial charge on any atom is -0.335 e. The molecule has 1 aromatic carbocycles. The molecule has 136 valence electrons. The number of benzene rings is 1. The molecule has 5 rings (SSSR count). The highest BCUT2D eigenvalue weighted by molar-refractivity contribution is 6.42. The highest BCUT2D eigenvalue weighted by atomic mass is 35.5. The Morgan fingerprint density at radius 1 is 1.12 bits per heavy atom. The molecular formula is C19H25Cl2N3O. The van der Waals surface area contributed by atoms with Gasteiger partial charge in [0, 0.05) is 25.2 Å². The van der Waals surface area contributed by atoms with Crippen LogP contribution in [0.4, 0.5) is 0 Å². The molecule has 0 aliphatic carbocycles. The van der Waals surface area contributed by atoms with Crippen molar-refractivity contribution in [3.63, 3.8) is 0 Å². The van der Waals surface area contributed by atoms with Crippen molar-refractivity contribution in [2.75, 3.05) is 26.2 Å². The number of fused-ring (bicyclic) bond motifs is 4. The van der Waals surface area contributed by atoms with E-state index in [4.69, 9.17) is 23.2 Å². The molecule has 0 aromatic heterocycles. The van der Waals surface area contributed by atoms with Crippen LogP contribution >= 0.6 is 23.2 Å².